The highest BCUT2D eigenvalue weighted by Crippen LogP contribution is 2.27. The standard InChI is InChI=1S/C26H32N6O3/c1-19(2)32-25-22(17-27-32)21(16-23(28-25)20-6-4-3-5-7-20)26(34)31-10-8-30(9-11-31)24(33)18-29-12-14-35-15-13-29/h3-7,16-17,19H,8-15,18H2,1-2H3. The van der Waals surface area contributed by atoms with Gasteiger partial charge in [-0.05, 0) is 19.9 Å². The molecule has 0 atom stereocenters. The van der Waals surface area contributed by atoms with Crippen LogP contribution in [0.2, 0.25) is 0 Å². The predicted octanol–water partition coefficient (Wildman–Crippen LogP) is 2.30. The van der Waals surface area contributed by atoms with Crippen molar-refractivity contribution < 1.29 is 14.3 Å². The third kappa shape index (κ3) is 4.92. The van der Waals surface area contributed by atoms with Crippen molar-refractivity contribution in [3.8, 4) is 11.3 Å². The Kier molecular flexibility index (Phi) is 6.79. The molecule has 2 saturated heterocycles. The van der Waals surface area contributed by atoms with Crippen molar-refractivity contribution >= 4 is 22.8 Å². The Balaban J connectivity index is 1.35. The molecule has 0 saturated carbocycles. The summed E-state index contributed by atoms with van der Waals surface area (Å²) >= 11 is 0. The highest BCUT2D eigenvalue weighted by Gasteiger charge is 2.28. The molecular formula is C26H32N6O3. The first-order chi connectivity index (χ1) is 17.0. The quantitative estimate of drug-likeness (QED) is 0.562. The molecule has 9 nitrogen and oxygen atoms in total. The fraction of sp³-hybridized carbons (Fsp3) is 0.462. The predicted molar refractivity (Wildman–Crippen MR) is 133 cm³/mol. The number of aromatic nitrogens is 3. The molecule has 184 valence electrons. The second-order valence-electron chi connectivity index (χ2n) is 9.40. The number of hydrogen-bond donors (Lipinski definition) is 0. The Morgan fingerprint density at radius 3 is 2.34 bits per heavy atom. The zero-order chi connectivity index (χ0) is 24.4. The van der Waals surface area contributed by atoms with E-state index in [-0.39, 0.29) is 17.9 Å². The normalized spacial score (nSPS) is 17.3. The van der Waals surface area contributed by atoms with E-state index in [1.165, 1.54) is 0 Å². The van der Waals surface area contributed by atoms with Crippen molar-refractivity contribution in [2.45, 2.75) is 19.9 Å². The summed E-state index contributed by atoms with van der Waals surface area (Å²) in [5, 5.41) is 5.28. The lowest BCUT2D eigenvalue weighted by Gasteiger charge is -2.36. The molecule has 0 aliphatic carbocycles. The molecule has 3 aromatic rings. The van der Waals surface area contributed by atoms with E-state index in [0.29, 0.717) is 57.1 Å². The van der Waals surface area contributed by atoms with E-state index in [2.05, 4.69) is 23.8 Å². The first kappa shape index (κ1) is 23.4. The zero-order valence-electron chi connectivity index (χ0n) is 20.4. The van der Waals surface area contributed by atoms with Crippen LogP contribution in [0, 0.1) is 0 Å². The molecule has 1 aromatic carbocycles. The van der Waals surface area contributed by atoms with E-state index in [1.54, 1.807) is 6.20 Å². The molecule has 4 heterocycles. The number of hydrogen-bond acceptors (Lipinski definition) is 6. The maximum absolute atomic E-state index is 13.7. The fourth-order valence-electron chi connectivity index (χ4n) is 4.71. The summed E-state index contributed by atoms with van der Waals surface area (Å²) < 4.78 is 7.23. The Hall–Kier alpha value is -3.30. The van der Waals surface area contributed by atoms with Crippen molar-refractivity contribution in [3.63, 3.8) is 0 Å². The number of pyridine rings is 1. The summed E-state index contributed by atoms with van der Waals surface area (Å²) in [6, 6.07) is 11.9. The smallest absolute Gasteiger partial charge is 0.254 e. The lowest BCUT2D eigenvalue weighted by molar-refractivity contribution is -0.134. The van der Waals surface area contributed by atoms with Crippen LogP contribution < -0.4 is 0 Å². The molecular weight excluding hydrogens is 444 g/mol. The minimum atomic E-state index is -0.0434. The molecule has 0 N–H and O–H groups in total. The van der Waals surface area contributed by atoms with Gasteiger partial charge < -0.3 is 14.5 Å². The molecule has 2 amide bonds. The molecule has 0 radical (unpaired) electrons. The van der Waals surface area contributed by atoms with Crippen LogP contribution in [0.15, 0.2) is 42.6 Å². The number of amides is 2. The van der Waals surface area contributed by atoms with E-state index >= 15 is 0 Å². The second-order valence-corrected chi connectivity index (χ2v) is 9.40. The highest BCUT2D eigenvalue weighted by atomic mass is 16.5. The third-order valence-corrected chi connectivity index (χ3v) is 6.74. The van der Waals surface area contributed by atoms with Crippen molar-refractivity contribution in [3.05, 3.63) is 48.2 Å². The number of fused-ring (bicyclic) bond motifs is 1. The summed E-state index contributed by atoms with van der Waals surface area (Å²) in [7, 11) is 0. The van der Waals surface area contributed by atoms with Gasteiger partial charge >= 0.3 is 0 Å². The van der Waals surface area contributed by atoms with Crippen molar-refractivity contribution in [1.82, 2.24) is 29.5 Å². The van der Waals surface area contributed by atoms with Crippen molar-refractivity contribution in [2.24, 2.45) is 0 Å². The van der Waals surface area contributed by atoms with Gasteiger partial charge in [-0.1, -0.05) is 30.3 Å². The molecule has 9 heteroatoms. The van der Waals surface area contributed by atoms with Crippen LogP contribution in [0.1, 0.15) is 30.2 Å². The average Bonchev–Trinajstić information content (AvgIpc) is 3.33. The van der Waals surface area contributed by atoms with Gasteiger partial charge in [0.2, 0.25) is 5.91 Å². The Bertz CT molecular complexity index is 1190. The number of carbonyl (C=O) groups excluding carboxylic acids is 2. The number of morpholine rings is 1. The number of ether oxygens (including phenoxy) is 1. The number of nitrogens with zero attached hydrogens (tertiary/aromatic N) is 6. The molecule has 2 aliphatic rings. The number of rotatable bonds is 5. The first-order valence-corrected chi connectivity index (χ1v) is 12.3. The van der Waals surface area contributed by atoms with E-state index < -0.39 is 0 Å². The lowest BCUT2D eigenvalue weighted by Crippen LogP contribution is -2.53. The molecule has 2 fully saturated rings. The molecule has 35 heavy (non-hydrogen) atoms. The average molecular weight is 477 g/mol. The van der Waals surface area contributed by atoms with Crippen molar-refractivity contribution in [2.75, 3.05) is 59.0 Å². The monoisotopic (exact) mass is 476 g/mol. The number of piperazine rings is 1. The van der Waals surface area contributed by atoms with Crippen LogP contribution in [-0.4, -0.2) is 100 Å². The van der Waals surface area contributed by atoms with Gasteiger partial charge in [-0.25, -0.2) is 9.67 Å². The van der Waals surface area contributed by atoms with Crippen LogP contribution in [0.5, 0.6) is 0 Å². The van der Waals surface area contributed by atoms with Gasteiger partial charge in [0.1, 0.15) is 0 Å². The van der Waals surface area contributed by atoms with Gasteiger partial charge in [-0.15, -0.1) is 0 Å². The van der Waals surface area contributed by atoms with Crippen LogP contribution in [0.25, 0.3) is 22.3 Å². The number of carbonyl (C=O) groups is 2. The summed E-state index contributed by atoms with van der Waals surface area (Å²) in [4.78, 5) is 37.2. The largest absolute Gasteiger partial charge is 0.379 e. The summed E-state index contributed by atoms with van der Waals surface area (Å²) in [6.07, 6.45) is 1.74. The molecule has 0 spiro atoms. The zero-order valence-corrected chi connectivity index (χ0v) is 20.4. The highest BCUT2D eigenvalue weighted by molar-refractivity contribution is 6.06. The topological polar surface area (TPSA) is 83.8 Å². The molecule has 0 unspecified atom stereocenters. The van der Waals surface area contributed by atoms with Crippen LogP contribution in [0.4, 0.5) is 0 Å². The number of benzene rings is 1. The maximum Gasteiger partial charge on any atom is 0.254 e. The van der Waals surface area contributed by atoms with E-state index in [0.717, 1.165) is 29.7 Å². The van der Waals surface area contributed by atoms with E-state index in [9.17, 15) is 9.59 Å². The Morgan fingerprint density at radius 1 is 0.971 bits per heavy atom. The molecule has 5 rings (SSSR count). The minimum Gasteiger partial charge on any atom is -0.379 e. The van der Waals surface area contributed by atoms with Gasteiger partial charge in [-0.2, -0.15) is 5.10 Å². The van der Waals surface area contributed by atoms with Gasteiger partial charge in [0.15, 0.2) is 5.65 Å². The molecule has 2 aliphatic heterocycles. The van der Waals surface area contributed by atoms with Crippen LogP contribution >= 0.6 is 0 Å². The summed E-state index contributed by atoms with van der Waals surface area (Å²) in [6.45, 7) is 9.55. The SMILES string of the molecule is CC(C)n1ncc2c(C(=O)N3CCN(C(=O)CN4CCOCC4)CC3)cc(-c3ccccc3)nc21. The van der Waals surface area contributed by atoms with E-state index in [1.807, 2.05) is 50.9 Å². The van der Waals surface area contributed by atoms with Crippen LogP contribution in [-0.2, 0) is 9.53 Å². The van der Waals surface area contributed by atoms with Crippen LogP contribution in [0.3, 0.4) is 0 Å². The minimum absolute atomic E-state index is 0.0434. The van der Waals surface area contributed by atoms with Gasteiger partial charge in [0.25, 0.3) is 5.91 Å². The second kappa shape index (κ2) is 10.1. The van der Waals surface area contributed by atoms with Gasteiger partial charge in [0, 0.05) is 50.9 Å². The van der Waals surface area contributed by atoms with Crippen molar-refractivity contribution in [1.29, 1.82) is 0 Å². The molecule has 0 bridgehead atoms. The third-order valence-electron chi connectivity index (χ3n) is 6.74. The maximum atomic E-state index is 13.7. The fourth-order valence-corrected chi connectivity index (χ4v) is 4.71. The summed E-state index contributed by atoms with van der Waals surface area (Å²) in [5.74, 6) is 0.0769. The van der Waals surface area contributed by atoms with E-state index in [4.69, 9.17) is 9.72 Å². The van der Waals surface area contributed by atoms with Gasteiger partial charge in [-0.3, -0.25) is 14.5 Å². The van der Waals surface area contributed by atoms with Gasteiger partial charge in [0.05, 0.1) is 42.6 Å². The molecule has 2 aromatic heterocycles. The lowest BCUT2D eigenvalue weighted by atomic mass is 10.1. The first-order valence-electron chi connectivity index (χ1n) is 12.3. The summed E-state index contributed by atoms with van der Waals surface area (Å²) in [5.41, 5.74) is 3.03. The Morgan fingerprint density at radius 2 is 1.66 bits per heavy atom. The Labute approximate surface area is 205 Å².